The first-order valence-electron chi connectivity index (χ1n) is 10.2. The molecule has 0 aliphatic rings. The molecule has 34 heavy (non-hydrogen) atoms. The number of halogens is 3. The number of carbonyl (C=O) groups is 1. The molecule has 0 heterocycles. The van der Waals surface area contributed by atoms with Gasteiger partial charge in [0.15, 0.2) is 0 Å². The van der Waals surface area contributed by atoms with Crippen LogP contribution in [-0.4, -0.2) is 19.2 Å². The molecule has 172 valence electrons. The van der Waals surface area contributed by atoms with Crippen molar-refractivity contribution in [3.05, 3.63) is 103 Å². The van der Waals surface area contributed by atoms with Gasteiger partial charge in [0.25, 0.3) is 5.91 Å². The Morgan fingerprint density at radius 3 is 2.29 bits per heavy atom. The number of carbonyl (C=O) groups excluding carboxylic acids is 1. The lowest BCUT2D eigenvalue weighted by molar-refractivity contribution is 0.0952. The van der Waals surface area contributed by atoms with Crippen LogP contribution < -0.4 is 14.9 Å². The molecule has 0 spiro atoms. The number of nitrogens with zero attached hydrogens (tertiary/aromatic N) is 1. The number of fused-ring (bicyclic) bond motifs is 1. The highest BCUT2D eigenvalue weighted by Crippen LogP contribution is 2.35. The number of amides is 1. The summed E-state index contributed by atoms with van der Waals surface area (Å²) in [7, 11) is 1.54. The minimum atomic E-state index is -0.361. The Balaban J connectivity index is 1.45. The van der Waals surface area contributed by atoms with Crippen LogP contribution in [-0.2, 0) is 6.61 Å². The number of hydrogen-bond acceptors (Lipinski definition) is 4. The quantitative estimate of drug-likeness (QED) is 0.178. The van der Waals surface area contributed by atoms with Gasteiger partial charge in [-0.3, -0.25) is 4.79 Å². The molecule has 4 aromatic rings. The van der Waals surface area contributed by atoms with E-state index in [-0.39, 0.29) is 5.91 Å². The average Bonchev–Trinajstić information content (AvgIpc) is 2.83. The second-order valence-corrected chi connectivity index (χ2v) is 9.47. The minimum absolute atomic E-state index is 0.361. The van der Waals surface area contributed by atoms with Crippen LogP contribution in [0, 0.1) is 0 Å². The molecule has 0 radical (unpaired) electrons. The lowest BCUT2D eigenvalue weighted by atomic mass is 10.1. The zero-order valence-electron chi connectivity index (χ0n) is 18.0. The second-order valence-electron chi connectivity index (χ2n) is 7.33. The maximum atomic E-state index is 12.7. The molecule has 0 aliphatic carbocycles. The molecule has 5 nitrogen and oxygen atoms in total. The zero-order chi connectivity index (χ0) is 24.1. The lowest BCUT2D eigenvalue weighted by Gasteiger charge is -2.11. The monoisotopic (exact) mass is 600 g/mol. The van der Waals surface area contributed by atoms with E-state index in [2.05, 4.69) is 42.4 Å². The summed E-state index contributed by atoms with van der Waals surface area (Å²) in [6.45, 7) is 0.394. The van der Waals surface area contributed by atoms with Crippen molar-refractivity contribution in [2.24, 2.45) is 5.10 Å². The van der Waals surface area contributed by atoms with Crippen molar-refractivity contribution >= 4 is 66.4 Å². The first-order valence-corrected chi connectivity index (χ1v) is 12.2. The number of nitrogens with one attached hydrogen (secondary N) is 1. The first-order chi connectivity index (χ1) is 16.4. The van der Waals surface area contributed by atoms with Crippen LogP contribution in [0.2, 0.25) is 5.02 Å². The molecule has 0 unspecified atom stereocenters. The lowest BCUT2D eigenvalue weighted by Crippen LogP contribution is -2.18. The van der Waals surface area contributed by atoms with E-state index in [0.29, 0.717) is 28.7 Å². The van der Waals surface area contributed by atoms with Crippen molar-refractivity contribution in [1.29, 1.82) is 0 Å². The van der Waals surface area contributed by atoms with E-state index < -0.39 is 0 Å². The molecule has 4 rings (SSSR count). The summed E-state index contributed by atoms with van der Waals surface area (Å²) in [5.74, 6) is 0.788. The fourth-order valence-electron chi connectivity index (χ4n) is 3.32. The van der Waals surface area contributed by atoms with Gasteiger partial charge in [0.2, 0.25) is 0 Å². The standard InChI is InChI=1S/C26H19Br2ClN2O3/c1-33-24-13-19-5-3-2-4-18(19)12-21(24)26(32)31-30-14-17-10-22(27)25(23(28)11-17)34-15-16-6-8-20(29)9-7-16/h2-14H,15H2,1H3,(H,31,32)/b30-14-. The van der Waals surface area contributed by atoms with Crippen molar-refractivity contribution < 1.29 is 14.3 Å². The minimum Gasteiger partial charge on any atom is -0.496 e. The van der Waals surface area contributed by atoms with Gasteiger partial charge in [0.05, 0.1) is 27.8 Å². The molecule has 1 amide bonds. The molecular formula is C26H19Br2ClN2O3. The van der Waals surface area contributed by atoms with Crippen LogP contribution >= 0.6 is 43.5 Å². The summed E-state index contributed by atoms with van der Waals surface area (Å²) in [6, 6.07) is 22.6. The van der Waals surface area contributed by atoms with Crippen LogP contribution in [0.4, 0.5) is 0 Å². The van der Waals surface area contributed by atoms with E-state index in [9.17, 15) is 4.79 Å². The Bertz CT molecular complexity index is 1350. The van der Waals surface area contributed by atoms with Crippen molar-refractivity contribution in [3.63, 3.8) is 0 Å². The molecule has 0 saturated carbocycles. The Hall–Kier alpha value is -2.87. The van der Waals surface area contributed by atoms with Gasteiger partial charge >= 0.3 is 0 Å². The fourth-order valence-corrected chi connectivity index (χ4v) is 4.90. The summed E-state index contributed by atoms with van der Waals surface area (Å²) in [5, 5.41) is 6.73. The number of ether oxygens (including phenoxy) is 2. The Kier molecular flexibility index (Phi) is 7.88. The highest BCUT2D eigenvalue weighted by atomic mass is 79.9. The third kappa shape index (κ3) is 5.78. The molecule has 0 aromatic heterocycles. The molecule has 0 aliphatic heterocycles. The molecule has 8 heteroatoms. The van der Waals surface area contributed by atoms with Gasteiger partial charge in [0, 0.05) is 5.02 Å². The van der Waals surface area contributed by atoms with Gasteiger partial charge in [-0.1, -0.05) is 48.0 Å². The number of benzene rings is 4. The third-order valence-electron chi connectivity index (χ3n) is 5.01. The highest BCUT2D eigenvalue weighted by molar-refractivity contribution is 9.11. The highest BCUT2D eigenvalue weighted by Gasteiger charge is 2.13. The fraction of sp³-hybridized carbons (Fsp3) is 0.0769. The van der Waals surface area contributed by atoms with Crippen molar-refractivity contribution in [2.45, 2.75) is 6.61 Å². The first kappa shape index (κ1) is 24.3. The molecule has 0 atom stereocenters. The SMILES string of the molecule is COc1cc2ccccc2cc1C(=O)N/N=C\c1cc(Br)c(OCc2ccc(Cl)cc2)c(Br)c1. The van der Waals surface area contributed by atoms with Gasteiger partial charge in [-0.25, -0.2) is 5.43 Å². The largest absolute Gasteiger partial charge is 0.496 e. The summed E-state index contributed by atoms with van der Waals surface area (Å²) in [4.78, 5) is 12.7. The van der Waals surface area contributed by atoms with Gasteiger partial charge in [-0.15, -0.1) is 0 Å². The van der Waals surface area contributed by atoms with Crippen molar-refractivity contribution in [3.8, 4) is 11.5 Å². The van der Waals surface area contributed by atoms with Gasteiger partial charge in [0.1, 0.15) is 18.1 Å². The average molecular weight is 603 g/mol. The van der Waals surface area contributed by atoms with Crippen LogP contribution in [0.5, 0.6) is 11.5 Å². The van der Waals surface area contributed by atoms with E-state index in [4.69, 9.17) is 21.1 Å². The Morgan fingerprint density at radius 1 is 1.00 bits per heavy atom. The van der Waals surface area contributed by atoms with Crippen LogP contribution in [0.25, 0.3) is 10.8 Å². The maximum absolute atomic E-state index is 12.7. The van der Waals surface area contributed by atoms with Gasteiger partial charge < -0.3 is 9.47 Å². The summed E-state index contributed by atoms with van der Waals surface area (Å²) >= 11 is 13.0. The topological polar surface area (TPSA) is 59.9 Å². The number of hydrazone groups is 1. The number of rotatable bonds is 7. The second kappa shape index (κ2) is 11.0. The van der Waals surface area contributed by atoms with E-state index in [1.54, 1.807) is 12.3 Å². The Morgan fingerprint density at radius 2 is 1.65 bits per heavy atom. The van der Waals surface area contributed by atoms with Crippen LogP contribution in [0.1, 0.15) is 21.5 Å². The molecule has 0 fully saturated rings. The normalized spacial score (nSPS) is 11.1. The number of methoxy groups -OCH3 is 1. The molecular weight excluding hydrogens is 584 g/mol. The van der Waals surface area contributed by atoms with E-state index in [0.717, 1.165) is 30.8 Å². The maximum Gasteiger partial charge on any atom is 0.275 e. The summed E-state index contributed by atoms with van der Waals surface area (Å²) in [5.41, 5.74) is 4.75. The Labute approximate surface area is 219 Å². The third-order valence-corrected chi connectivity index (χ3v) is 6.44. The predicted molar refractivity (Wildman–Crippen MR) is 143 cm³/mol. The van der Waals surface area contributed by atoms with Gasteiger partial charge in [-0.2, -0.15) is 5.10 Å². The van der Waals surface area contributed by atoms with Gasteiger partial charge in [-0.05, 0) is 90.2 Å². The van der Waals surface area contributed by atoms with E-state index in [1.165, 1.54) is 7.11 Å². The van der Waals surface area contributed by atoms with Crippen LogP contribution in [0.15, 0.2) is 86.8 Å². The molecule has 4 aromatic carbocycles. The predicted octanol–water partition coefficient (Wildman–Crippen LogP) is 7.37. The van der Waals surface area contributed by atoms with Crippen molar-refractivity contribution in [1.82, 2.24) is 5.43 Å². The summed E-state index contributed by atoms with van der Waals surface area (Å²) in [6.07, 6.45) is 1.56. The molecule has 0 bridgehead atoms. The van der Waals surface area contributed by atoms with Crippen molar-refractivity contribution in [2.75, 3.05) is 7.11 Å². The number of hydrogen-bond donors (Lipinski definition) is 1. The molecule has 0 saturated heterocycles. The zero-order valence-corrected chi connectivity index (χ0v) is 21.9. The summed E-state index contributed by atoms with van der Waals surface area (Å²) < 4.78 is 12.8. The smallest absolute Gasteiger partial charge is 0.275 e. The van der Waals surface area contributed by atoms with Crippen LogP contribution in [0.3, 0.4) is 0 Å². The molecule has 1 N–H and O–H groups in total. The van der Waals surface area contributed by atoms with E-state index >= 15 is 0 Å². The van der Waals surface area contributed by atoms with E-state index in [1.807, 2.05) is 66.7 Å².